The molecule has 0 bridgehead atoms. The molecule has 1 saturated heterocycles. The van der Waals surface area contributed by atoms with E-state index in [1.807, 2.05) is 0 Å². The lowest BCUT2D eigenvalue weighted by molar-refractivity contribution is -0.147. The van der Waals surface area contributed by atoms with Gasteiger partial charge in [-0.1, -0.05) is 0 Å². The summed E-state index contributed by atoms with van der Waals surface area (Å²) in [6.45, 7) is 3.15. The molecular weight excluding hydrogens is 151 g/mol. The van der Waals surface area contributed by atoms with E-state index in [0.29, 0.717) is 0 Å². The Balaban J connectivity index is 2.41. The van der Waals surface area contributed by atoms with Crippen LogP contribution in [0, 0.1) is 0 Å². The smallest absolute Gasteiger partial charge is 0.163 e. The maximum Gasteiger partial charge on any atom is 0.163 e. The molecule has 0 radical (unpaired) electrons. The Morgan fingerprint density at radius 3 is 2.73 bits per heavy atom. The Bertz CT molecular complexity index is 138. The largest absolute Gasteiger partial charge is 0.393 e. The Morgan fingerprint density at radius 2 is 2.36 bits per heavy atom. The number of aliphatic hydroxyl groups is 1. The quantitative estimate of drug-likeness (QED) is 0.644. The maximum absolute atomic E-state index is 12.7. The average Bonchev–Trinajstić information content (AvgIpc) is 2.29. The molecule has 0 aromatic carbocycles. The topological polar surface area (TPSA) is 38.7 Å². The summed E-state index contributed by atoms with van der Waals surface area (Å²) < 4.78 is 23.0. The number of hydrogen-bond donors (Lipinski definition) is 1. The molecule has 0 aromatic rings. The SMILES string of the molecule is CC1(C)OC[C@H]([C@H](F)CO)O1. The molecule has 0 saturated carbocycles. The van der Waals surface area contributed by atoms with E-state index in [-0.39, 0.29) is 6.61 Å². The maximum atomic E-state index is 12.7. The molecule has 1 aliphatic heterocycles. The second-order valence-corrected chi connectivity index (χ2v) is 3.07. The van der Waals surface area contributed by atoms with Crippen LogP contribution in [0.25, 0.3) is 0 Å². The van der Waals surface area contributed by atoms with Crippen molar-refractivity contribution in [1.29, 1.82) is 0 Å². The highest BCUT2D eigenvalue weighted by Crippen LogP contribution is 2.24. The van der Waals surface area contributed by atoms with Gasteiger partial charge in [0, 0.05) is 0 Å². The van der Waals surface area contributed by atoms with Gasteiger partial charge < -0.3 is 14.6 Å². The minimum Gasteiger partial charge on any atom is -0.393 e. The number of rotatable bonds is 2. The van der Waals surface area contributed by atoms with E-state index in [2.05, 4.69) is 0 Å². The molecule has 11 heavy (non-hydrogen) atoms. The van der Waals surface area contributed by atoms with Gasteiger partial charge in [0.25, 0.3) is 0 Å². The van der Waals surface area contributed by atoms with Crippen LogP contribution < -0.4 is 0 Å². The van der Waals surface area contributed by atoms with Crippen molar-refractivity contribution < 1.29 is 19.0 Å². The van der Waals surface area contributed by atoms with Gasteiger partial charge in [0.1, 0.15) is 6.10 Å². The fourth-order valence-electron chi connectivity index (χ4n) is 1.01. The van der Waals surface area contributed by atoms with E-state index in [9.17, 15) is 4.39 Å². The lowest BCUT2D eigenvalue weighted by atomic mass is 10.2. The highest BCUT2D eigenvalue weighted by molar-refractivity contribution is 4.76. The first-order valence-corrected chi connectivity index (χ1v) is 3.62. The van der Waals surface area contributed by atoms with E-state index in [1.54, 1.807) is 13.8 Å². The first-order valence-electron chi connectivity index (χ1n) is 3.62. The fraction of sp³-hybridized carbons (Fsp3) is 1.00. The van der Waals surface area contributed by atoms with Crippen LogP contribution in [0.1, 0.15) is 13.8 Å². The van der Waals surface area contributed by atoms with Crippen LogP contribution in [0.5, 0.6) is 0 Å². The molecule has 0 amide bonds. The van der Waals surface area contributed by atoms with Crippen LogP contribution >= 0.6 is 0 Å². The van der Waals surface area contributed by atoms with Crippen LogP contribution in [0.4, 0.5) is 4.39 Å². The van der Waals surface area contributed by atoms with Gasteiger partial charge in [0.15, 0.2) is 12.0 Å². The summed E-state index contributed by atoms with van der Waals surface area (Å²) in [6.07, 6.45) is -1.95. The molecule has 66 valence electrons. The van der Waals surface area contributed by atoms with E-state index < -0.39 is 24.7 Å². The molecule has 1 fully saturated rings. The second-order valence-electron chi connectivity index (χ2n) is 3.07. The Labute approximate surface area is 65.1 Å². The molecule has 1 N–H and O–H groups in total. The summed E-state index contributed by atoms with van der Waals surface area (Å²) in [6, 6.07) is 0. The zero-order valence-electron chi connectivity index (χ0n) is 6.71. The van der Waals surface area contributed by atoms with E-state index in [4.69, 9.17) is 14.6 Å². The zero-order valence-corrected chi connectivity index (χ0v) is 6.71. The standard InChI is InChI=1S/C7H13FO3/c1-7(2)10-4-6(11-7)5(8)3-9/h5-6,9H,3-4H2,1-2H3/t5-,6-/m1/s1. The molecule has 1 rings (SSSR count). The highest BCUT2D eigenvalue weighted by atomic mass is 19.1. The predicted molar refractivity (Wildman–Crippen MR) is 36.9 cm³/mol. The van der Waals surface area contributed by atoms with Crippen LogP contribution in [0.3, 0.4) is 0 Å². The van der Waals surface area contributed by atoms with Crippen LogP contribution in [0.15, 0.2) is 0 Å². The van der Waals surface area contributed by atoms with Gasteiger partial charge in [-0.25, -0.2) is 4.39 Å². The van der Waals surface area contributed by atoms with Crippen molar-refractivity contribution in [3.05, 3.63) is 0 Å². The summed E-state index contributed by atoms with van der Waals surface area (Å²) in [5.41, 5.74) is 0. The van der Waals surface area contributed by atoms with Gasteiger partial charge in [-0.15, -0.1) is 0 Å². The third-order valence-corrected chi connectivity index (χ3v) is 1.61. The van der Waals surface area contributed by atoms with Gasteiger partial charge >= 0.3 is 0 Å². The minimum absolute atomic E-state index is 0.217. The van der Waals surface area contributed by atoms with Crippen LogP contribution in [-0.4, -0.2) is 36.4 Å². The van der Waals surface area contributed by atoms with Gasteiger partial charge in [0.05, 0.1) is 13.2 Å². The monoisotopic (exact) mass is 164 g/mol. The van der Waals surface area contributed by atoms with Crippen LogP contribution in [-0.2, 0) is 9.47 Å². The van der Waals surface area contributed by atoms with Gasteiger partial charge in [-0.2, -0.15) is 0 Å². The summed E-state index contributed by atoms with van der Waals surface area (Å²) >= 11 is 0. The van der Waals surface area contributed by atoms with Gasteiger partial charge in [-0.3, -0.25) is 0 Å². The van der Waals surface area contributed by atoms with Crippen LogP contribution in [0.2, 0.25) is 0 Å². The summed E-state index contributed by atoms with van der Waals surface area (Å²) in [4.78, 5) is 0. The van der Waals surface area contributed by atoms with Crippen molar-refractivity contribution >= 4 is 0 Å². The van der Waals surface area contributed by atoms with Crippen molar-refractivity contribution in [2.45, 2.75) is 31.9 Å². The molecule has 0 aliphatic carbocycles. The fourth-order valence-corrected chi connectivity index (χ4v) is 1.01. The second kappa shape index (κ2) is 3.05. The number of aliphatic hydroxyl groups excluding tert-OH is 1. The first kappa shape index (κ1) is 8.90. The Kier molecular flexibility index (Phi) is 2.47. The lowest BCUT2D eigenvalue weighted by Crippen LogP contribution is -2.30. The number of halogens is 1. The molecule has 0 unspecified atom stereocenters. The van der Waals surface area contributed by atoms with E-state index in [1.165, 1.54) is 0 Å². The molecular formula is C7H13FO3. The highest BCUT2D eigenvalue weighted by Gasteiger charge is 2.37. The molecule has 0 spiro atoms. The number of alkyl halides is 1. The van der Waals surface area contributed by atoms with E-state index in [0.717, 1.165) is 0 Å². The normalized spacial score (nSPS) is 32.2. The number of ether oxygens (including phenoxy) is 2. The Hall–Kier alpha value is -0.190. The third kappa shape index (κ3) is 2.12. The molecule has 2 atom stereocenters. The minimum atomic E-state index is -1.34. The van der Waals surface area contributed by atoms with E-state index >= 15 is 0 Å². The van der Waals surface area contributed by atoms with Crippen molar-refractivity contribution in [3.8, 4) is 0 Å². The van der Waals surface area contributed by atoms with Crippen molar-refractivity contribution in [2.75, 3.05) is 13.2 Å². The summed E-state index contributed by atoms with van der Waals surface area (Å²) in [5.74, 6) is -0.704. The first-order chi connectivity index (χ1) is 5.05. The molecule has 0 aromatic heterocycles. The molecule has 3 nitrogen and oxygen atoms in total. The summed E-state index contributed by atoms with van der Waals surface area (Å²) in [5, 5.41) is 8.45. The van der Waals surface area contributed by atoms with Crippen molar-refractivity contribution in [1.82, 2.24) is 0 Å². The average molecular weight is 164 g/mol. The Morgan fingerprint density at radius 1 is 1.73 bits per heavy atom. The third-order valence-electron chi connectivity index (χ3n) is 1.61. The molecule has 4 heteroatoms. The summed E-state index contributed by atoms with van der Waals surface area (Å²) in [7, 11) is 0. The molecule has 1 heterocycles. The lowest BCUT2D eigenvalue weighted by Gasteiger charge is -2.17. The van der Waals surface area contributed by atoms with Gasteiger partial charge in [0.2, 0.25) is 0 Å². The number of hydrogen-bond acceptors (Lipinski definition) is 3. The van der Waals surface area contributed by atoms with Gasteiger partial charge in [-0.05, 0) is 13.8 Å². The van der Waals surface area contributed by atoms with Crippen molar-refractivity contribution in [2.24, 2.45) is 0 Å². The predicted octanol–water partition coefficient (Wildman–Crippen LogP) is 0.468. The molecule has 1 aliphatic rings. The van der Waals surface area contributed by atoms with Crippen molar-refractivity contribution in [3.63, 3.8) is 0 Å². The zero-order chi connectivity index (χ0) is 8.48.